The summed E-state index contributed by atoms with van der Waals surface area (Å²) in [5.74, 6) is 1.37. The van der Waals surface area contributed by atoms with E-state index in [1.165, 1.54) is 11.5 Å². The highest BCUT2D eigenvalue weighted by Crippen LogP contribution is 2.27. The minimum absolute atomic E-state index is 0.118. The minimum atomic E-state index is -0.335. The van der Waals surface area contributed by atoms with Crippen LogP contribution >= 0.6 is 11.5 Å². The quantitative estimate of drug-likeness (QED) is 0.907. The maximum Gasteiger partial charge on any atom is 0.225 e. The van der Waals surface area contributed by atoms with Gasteiger partial charge in [-0.2, -0.15) is 9.36 Å². The predicted molar refractivity (Wildman–Crippen MR) is 103 cm³/mol. The van der Waals surface area contributed by atoms with Gasteiger partial charge in [0, 0.05) is 42.1 Å². The molecule has 0 spiro atoms. The number of carbonyl (C=O) groups is 1. The van der Waals surface area contributed by atoms with E-state index >= 15 is 0 Å². The first-order chi connectivity index (χ1) is 11.9. The van der Waals surface area contributed by atoms with Crippen LogP contribution in [0.1, 0.15) is 33.6 Å². The van der Waals surface area contributed by atoms with Gasteiger partial charge in [0.05, 0.1) is 0 Å². The SMILES string of the molecule is CC(C)(C)C(=O)NCC1CCCN(c2nc(-c3ccccc3)ns2)C1. The molecule has 2 aromatic rings. The Balaban J connectivity index is 1.60. The summed E-state index contributed by atoms with van der Waals surface area (Å²) >= 11 is 1.46. The number of carbonyl (C=O) groups excluding carboxylic acids is 1. The second-order valence-corrected chi connectivity index (χ2v) is 8.41. The van der Waals surface area contributed by atoms with Gasteiger partial charge in [-0.15, -0.1) is 0 Å². The molecule has 1 aromatic heterocycles. The highest BCUT2D eigenvalue weighted by Gasteiger charge is 2.26. The van der Waals surface area contributed by atoms with Gasteiger partial charge in [0.15, 0.2) is 5.82 Å². The van der Waals surface area contributed by atoms with Gasteiger partial charge in [-0.25, -0.2) is 0 Å². The lowest BCUT2D eigenvalue weighted by molar-refractivity contribution is -0.128. The number of nitrogens with one attached hydrogen (secondary N) is 1. The van der Waals surface area contributed by atoms with Crippen LogP contribution in [0.5, 0.6) is 0 Å². The first kappa shape index (κ1) is 17.9. The molecule has 1 amide bonds. The van der Waals surface area contributed by atoms with E-state index in [9.17, 15) is 4.79 Å². The second kappa shape index (κ2) is 7.52. The fraction of sp³-hybridized carbons (Fsp3) is 0.526. The van der Waals surface area contributed by atoms with Crippen molar-refractivity contribution >= 4 is 22.6 Å². The summed E-state index contributed by atoms with van der Waals surface area (Å²) in [4.78, 5) is 19.1. The molecule has 5 nitrogen and oxygen atoms in total. The van der Waals surface area contributed by atoms with Crippen molar-refractivity contribution < 1.29 is 4.79 Å². The van der Waals surface area contributed by atoms with Crippen molar-refractivity contribution in [3.63, 3.8) is 0 Å². The Kier molecular flexibility index (Phi) is 5.37. The first-order valence-electron chi connectivity index (χ1n) is 8.86. The van der Waals surface area contributed by atoms with Crippen molar-refractivity contribution in [2.24, 2.45) is 11.3 Å². The van der Waals surface area contributed by atoms with Gasteiger partial charge in [0.25, 0.3) is 0 Å². The molecule has 6 heteroatoms. The molecule has 1 saturated heterocycles. The van der Waals surface area contributed by atoms with Crippen molar-refractivity contribution in [3.8, 4) is 11.4 Å². The molecule has 25 heavy (non-hydrogen) atoms. The van der Waals surface area contributed by atoms with E-state index in [4.69, 9.17) is 4.98 Å². The molecule has 1 unspecified atom stereocenters. The fourth-order valence-corrected chi connectivity index (χ4v) is 3.68. The largest absolute Gasteiger partial charge is 0.355 e. The monoisotopic (exact) mass is 358 g/mol. The summed E-state index contributed by atoms with van der Waals surface area (Å²) < 4.78 is 4.51. The number of anilines is 1. The van der Waals surface area contributed by atoms with Crippen LogP contribution in [0.4, 0.5) is 5.13 Å². The topological polar surface area (TPSA) is 58.1 Å². The van der Waals surface area contributed by atoms with Crippen LogP contribution in [-0.4, -0.2) is 34.9 Å². The lowest BCUT2D eigenvalue weighted by atomic mass is 9.94. The van der Waals surface area contributed by atoms with Gasteiger partial charge in [0.2, 0.25) is 11.0 Å². The van der Waals surface area contributed by atoms with Gasteiger partial charge in [-0.3, -0.25) is 4.79 Å². The summed E-state index contributed by atoms with van der Waals surface area (Å²) in [7, 11) is 0. The summed E-state index contributed by atoms with van der Waals surface area (Å²) in [5.41, 5.74) is 0.717. The third-order valence-corrected chi connectivity index (χ3v) is 5.25. The van der Waals surface area contributed by atoms with E-state index in [2.05, 4.69) is 14.6 Å². The van der Waals surface area contributed by atoms with Crippen LogP contribution in [0.15, 0.2) is 30.3 Å². The van der Waals surface area contributed by atoms with Crippen molar-refractivity contribution in [1.82, 2.24) is 14.7 Å². The third kappa shape index (κ3) is 4.57. The number of nitrogens with zero attached hydrogens (tertiary/aromatic N) is 3. The van der Waals surface area contributed by atoms with Crippen molar-refractivity contribution in [3.05, 3.63) is 30.3 Å². The third-order valence-electron chi connectivity index (χ3n) is 4.47. The van der Waals surface area contributed by atoms with E-state index in [0.717, 1.165) is 49.0 Å². The Hall–Kier alpha value is -1.95. The predicted octanol–water partition coefficient (Wildman–Crippen LogP) is 3.58. The van der Waals surface area contributed by atoms with Gasteiger partial charge in [-0.1, -0.05) is 51.1 Å². The van der Waals surface area contributed by atoms with Gasteiger partial charge < -0.3 is 10.2 Å². The summed E-state index contributed by atoms with van der Waals surface area (Å²) in [6.45, 7) is 8.50. The number of aromatic nitrogens is 2. The van der Waals surface area contributed by atoms with Crippen molar-refractivity contribution in [2.45, 2.75) is 33.6 Å². The summed E-state index contributed by atoms with van der Waals surface area (Å²) in [5, 5.41) is 4.07. The van der Waals surface area contributed by atoms with E-state index < -0.39 is 0 Å². The van der Waals surface area contributed by atoms with Gasteiger partial charge in [-0.05, 0) is 18.8 Å². The zero-order valence-electron chi connectivity index (χ0n) is 15.2. The van der Waals surface area contributed by atoms with Gasteiger partial charge >= 0.3 is 0 Å². The standard InChI is InChI=1S/C19H26N4OS/c1-19(2,3)17(24)20-12-14-8-7-11-23(13-14)18-21-16(22-25-18)15-9-5-4-6-10-15/h4-6,9-10,14H,7-8,11-13H2,1-3H3,(H,20,24). The van der Waals surface area contributed by atoms with Crippen LogP contribution in [0, 0.1) is 11.3 Å². The Morgan fingerprint density at radius 2 is 2.08 bits per heavy atom. The van der Waals surface area contributed by atoms with E-state index in [1.54, 1.807) is 0 Å². The number of amides is 1. The molecule has 1 fully saturated rings. The number of rotatable bonds is 4. The van der Waals surface area contributed by atoms with Crippen molar-refractivity contribution in [2.75, 3.05) is 24.5 Å². The van der Waals surface area contributed by atoms with Crippen LogP contribution in [0.25, 0.3) is 11.4 Å². The zero-order valence-corrected chi connectivity index (χ0v) is 16.0. The molecule has 1 N–H and O–H groups in total. The van der Waals surface area contributed by atoms with Gasteiger partial charge in [0.1, 0.15) is 0 Å². The van der Waals surface area contributed by atoms with Crippen LogP contribution in [0.3, 0.4) is 0 Å². The zero-order chi connectivity index (χ0) is 17.9. The molecule has 1 aromatic carbocycles. The molecule has 1 atom stereocenters. The summed E-state index contributed by atoms with van der Waals surface area (Å²) in [6.07, 6.45) is 2.27. The first-order valence-corrected chi connectivity index (χ1v) is 9.63. The number of piperidine rings is 1. The molecule has 1 aliphatic heterocycles. The average molecular weight is 359 g/mol. The molecule has 2 heterocycles. The molecule has 0 bridgehead atoms. The lowest BCUT2D eigenvalue weighted by Crippen LogP contribution is -2.43. The summed E-state index contributed by atoms with van der Waals surface area (Å²) in [6, 6.07) is 10.1. The van der Waals surface area contributed by atoms with Crippen LogP contribution < -0.4 is 10.2 Å². The second-order valence-electron chi connectivity index (χ2n) is 7.68. The van der Waals surface area contributed by atoms with Crippen molar-refractivity contribution in [1.29, 1.82) is 0 Å². The Morgan fingerprint density at radius 1 is 1.32 bits per heavy atom. The molecule has 3 rings (SSSR count). The number of benzene rings is 1. The molecule has 0 saturated carbocycles. The highest BCUT2D eigenvalue weighted by atomic mass is 32.1. The van der Waals surface area contributed by atoms with E-state index in [-0.39, 0.29) is 11.3 Å². The smallest absolute Gasteiger partial charge is 0.225 e. The maximum absolute atomic E-state index is 12.1. The number of hydrogen-bond donors (Lipinski definition) is 1. The lowest BCUT2D eigenvalue weighted by Gasteiger charge is -2.32. The number of hydrogen-bond acceptors (Lipinski definition) is 5. The van der Waals surface area contributed by atoms with Crippen LogP contribution in [-0.2, 0) is 4.79 Å². The molecule has 0 aliphatic carbocycles. The molecule has 134 valence electrons. The highest BCUT2D eigenvalue weighted by molar-refractivity contribution is 7.09. The van der Waals surface area contributed by atoms with E-state index in [1.807, 2.05) is 51.1 Å². The molecular weight excluding hydrogens is 332 g/mol. The molecular formula is C19H26N4OS. The maximum atomic E-state index is 12.1. The normalized spacial score (nSPS) is 18.2. The van der Waals surface area contributed by atoms with E-state index in [0.29, 0.717) is 5.92 Å². The molecule has 1 aliphatic rings. The Bertz CT molecular complexity index is 708. The Labute approximate surface area is 153 Å². The Morgan fingerprint density at radius 3 is 2.80 bits per heavy atom. The molecule has 0 radical (unpaired) electrons. The average Bonchev–Trinajstić information content (AvgIpc) is 3.10. The van der Waals surface area contributed by atoms with Crippen LogP contribution in [0.2, 0.25) is 0 Å². The minimum Gasteiger partial charge on any atom is -0.355 e. The fourth-order valence-electron chi connectivity index (χ4n) is 2.96.